The standard InChI is InChI=1S/C18H32O3/c1-2-3-10-13-16-17(21-16)14-11-8-6-4-5-7-9-12-15-18(19)20/h12,15-17H,2-11,13-14H2,1H3,(H,19,20)/b15-12+/t16-,17+/m0/s1. The number of hydrogen-bond acceptors (Lipinski definition) is 2. The molecular weight excluding hydrogens is 264 g/mol. The van der Waals surface area contributed by atoms with Gasteiger partial charge in [0.25, 0.3) is 0 Å². The van der Waals surface area contributed by atoms with E-state index in [1.165, 1.54) is 70.3 Å². The molecule has 0 radical (unpaired) electrons. The Balaban J connectivity index is 1.77. The summed E-state index contributed by atoms with van der Waals surface area (Å²) in [5, 5.41) is 8.45. The van der Waals surface area contributed by atoms with E-state index in [1.807, 2.05) is 0 Å². The van der Waals surface area contributed by atoms with Gasteiger partial charge in [0.1, 0.15) is 0 Å². The molecular formula is C18H32O3. The highest BCUT2D eigenvalue weighted by Gasteiger charge is 2.36. The second kappa shape index (κ2) is 11.8. The Hall–Kier alpha value is -0.830. The van der Waals surface area contributed by atoms with E-state index in [2.05, 4.69) is 6.92 Å². The van der Waals surface area contributed by atoms with Crippen LogP contribution in [0, 0.1) is 0 Å². The van der Waals surface area contributed by atoms with Crippen LogP contribution in [0.1, 0.15) is 84.0 Å². The van der Waals surface area contributed by atoms with Gasteiger partial charge in [-0.1, -0.05) is 64.4 Å². The molecule has 1 fully saturated rings. The molecule has 1 rings (SSSR count). The molecule has 2 atom stereocenters. The molecule has 3 nitrogen and oxygen atoms in total. The zero-order chi connectivity index (χ0) is 15.3. The van der Waals surface area contributed by atoms with Crippen molar-refractivity contribution in [2.24, 2.45) is 0 Å². The van der Waals surface area contributed by atoms with Crippen LogP contribution < -0.4 is 0 Å². The molecule has 1 saturated heterocycles. The van der Waals surface area contributed by atoms with E-state index in [1.54, 1.807) is 6.08 Å². The van der Waals surface area contributed by atoms with Crippen molar-refractivity contribution < 1.29 is 14.6 Å². The summed E-state index contributed by atoms with van der Waals surface area (Å²) < 4.78 is 5.70. The monoisotopic (exact) mass is 296 g/mol. The molecule has 0 aromatic heterocycles. The van der Waals surface area contributed by atoms with Crippen molar-refractivity contribution in [1.82, 2.24) is 0 Å². The number of hydrogen-bond donors (Lipinski definition) is 1. The van der Waals surface area contributed by atoms with Crippen LogP contribution in [-0.4, -0.2) is 23.3 Å². The summed E-state index contributed by atoms with van der Waals surface area (Å²) in [7, 11) is 0. The van der Waals surface area contributed by atoms with E-state index in [0.717, 1.165) is 12.8 Å². The number of carbonyl (C=O) groups is 1. The fourth-order valence-electron chi connectivity index (χ4n) is 2.78. The molecule has 1 heterocycles. The maximum atomic E-state index is 10.3. The Morgan fingerprint density at radius 3 is 2.14 bits per heavy atom. The SMILES string of the molecule is CCCCC[C@@H]1O[C@@H]1CCCCCCCC/C=C/C(=O)O. The first kappa shape index (κ1) is 18.2. The molecule has 0 aromatic carbocycles. The number of allylic oxidation sites excluding steroid dienone is 1. The van der Waals surface area contributed by atoms with Gasteiger partial charge in [-0.2, -0.15) is 0 Å². The van der Waals surface area contributed by atoms with Crippen LogP contribution in [0.5, 0.6) is 0 Å². The van der Waals surface area contributed by atoms with Crippen molar-refractivity contribution in [2.45, 2.75) is 96.2 Å². The lowest BCUT2D eigenvalue weighted by Crippen LogP contribution is -1.94. The largest absolute Gasteiger partial charge is 0.478 e. The summed E-state index contributed by atoms with van der Waals surface area (Å²) in [6.45, 7) is 2.24. The summed E-state index contributed by atoms with van der Waals surface area (Å²) in [6, 6.07) is 0. The Morgan fingerprint density at radius 1 is 0.952 bits per heavy atom. The van der Waals surface area contributed by atoms with Gasteiger partial charge in [-0.3, -0.25) is 0 Å². The lowest BCUT2D eigenvalue weighted by Gasteiger charge is -2.00. The molecule has 0 saturated carbocycles. The molecule has 21 heavy (non-hydrogen) atoms. The van der Waals surface area contributed by atoms with Crippen LogP contribution in [0.4, 0.5) is 0 Å². The lowest BCUT2D eigenvalue weighted by molar-refractivity contribution is -0.131. The molecule has 0 aliphatic carbocycles. The van der Waals surface area contributed by atoms with Gasteiger partial charge in [0.15, 0.2) is 0 Å². The van der Waals surface area contributed by atoms with Crippen LogP contribution in [0.2, 0.25) is 0 Å². The second-order valence-electron chi connectivity index (χ2n) is 6.15. The number of ether oxygens (including phenoxy) is 1. The minimum absolute atomic E-state index is 0.572. The Morgan fingerprint density at radius 2 is 1.52 bits per heavy atom. The third-order valence-electron chi connectivity index (χ3n) is 4.15. The van der Waals surface area contributed by atoms with Crippen LogP contribution in [0.3, 0.4) is 0 Å². The fourth-order valence-corrected chi connectivity index (χ4v) is 2.78. The predicted molar refractivity (Wildman–Crippen MR) is 86.5 cm³/mol. The van der Waals surface area contributed by atoms with E-state index in [9.17, 15) is 4.79 Å². The van der Waals surface area contributed by atoms with E-state index < -0.39 is 5.97 Å². The Kier molecular flexibility index (Phi) is 10.2. The van der Waals surface area contributed by atoms with E-state index in [-0.39, 0.29) is 0 Å². The lowest BCUT2D eigenvalue weighted by atomic mass is 10.0. The van der Waals surface area contributed by atoms with Gasteiger partial charge in [0.05, 0.1) is 12.2 Å². The molecule has 1 aliphatic heterocycles. The highest BCUT2D eigenvalue weighted by atomic mass is 16.6. The maximum absolute atomic E-state index is 10.3. The van der Waals surface area contributed by atoms with Crippen LogP contribution in [0.15, 0.2) is 12.2 Å². The molecule has 0 bridgehead atoms. The summed E-state index contributed by atoms with van der Waals surface area (Å²) in [5.74, 6) is -0.842. The topological polar surface area (TPSA) is 49.8 Å². The van der Waals surface area contributed by atoms with Crippen molar-refractivity contribution >= 4 is 5.97 Å². The fraction of sp³-hybridized carbons (Fsp3) is 0.833. The number of carboxylic acid groups (broad SMARTS) is 1. The number of aliphatic carboxylic acids is 1. The number of unbranched alkanes of at least 4 members (excludes halogenated alkanes) is 8. The summed E-state index contributed by atoms with van der Waals surface area (Å²) in [5.41, 5.74) is 0. The van der Waals surface area contributed by atoms with Gasteiger partial charge in [0.2, 0.25) is 0 Å². The average molecular weight is 296 g/mol. The van der Waals surface area contributed by atoms with Gasteiger partial charge in [-0.15, -0.1) is 0 Å². The third kappa shape index (κ3) is 10.5. The third-order valence-corrected chi connectivity index (χ3v) is 4.15. The summed E-state index contributed by atoms with van der Waals surface area (Å²) in [4.78, 5) is 10.3. The first-order valence-electron chi connectivity index (χ1n) is 8.79. The van der Waals surface area contributed by atoms with Crippen molar-refractivity contribution in [1.29, 1.82) is 0 Å². The van der Waals surface area contributed by atoms with Gasteiger partial charge in [-0.25, -0.2) is 4.79 Å². The van der Waals surface area contributed by atoms with Crippen LogP contribution >= 0.6 is 0 Å². The van der Waals surface area contributed by atoms with E-state index in [0.29, 0.717) is 12.2 Å². The number of rotatable bonds is 14. The van der Waals surface area contributed by atoms with Crippen molar-refractivity contribution in [3.63, 3.8) is 0 Å². The van der Waals surface area contributed by atoms with Crippen molar-refractivity contribution in [3.8, 4) is 0 Å². The van der Waals surface area contributed by atoms with Gasteiger partial charge < -0.3 is 9.84 Å². The van der Waals surface area contributed by atoms with Crippen molar-refractivity contribution in [2.75, 3.05) is 0 Å². The molecule has 3 heteroatoms. The Bertz CT molecular complexity index is 299. The minimum Gasteiger partial charge on any atom is -0.478 e. The first-order chi connectivity index (χ1) is 10.2. The van der Waals surface area contributed by atoms with Crippen LogP contribution in [0.25, 0.3) is 0 Å². The minimum atomic E-state index is -0.842. The zero-order valence-corrected chi connectivity index (χ0v) is 13.6. The van der Waals surface area contributed by atoms with Gasteiger partial charge >= 0.3 is 5.97 Å². The zero-order valence-electron chi connectivity index (χ0n) is 13.6. The van der Waals surface area contributed by atoms with Crippen LogP contribution in [-0.2, 0) is 9.53 Å². The van der Waals surface area contributed by atoms with Gasteiger partial charge in [-0.05, 0) is 25.7 Å². The molecule has 1 N–H and O–H groups in total. The quantitative estimate of drug-likeness (QED) is 0.276. The van der Waals surface area contributed by atoms with E-state index >= 15 is 0 Å². The molecule has 0 spiro atoms. The second-order valence-corrected chi connectivity index (χ2v) is 6.15. The molecule has 1 aliphatic rings. The number of epoxide rings is 1. The van der Waals surface area contributed by atoms with E-state index in [4.69, 9.17) is 9.84 Å². The highest BCUT2D eigenvalue weighted by Crippen LogP contribution is 2.31. The number of carboxylic acids is 1. The molecule has 0 unspecified atom stereocenters. The van der Waals surface area contributed by atoms with Crippen molar-refractivity contribution in [3.05, 3.63) is 12.2 Å². The summed E-state index contributed by atoms with van der Waals surface area (Å²) >= 11 is 0. The highest BCUT2D eigenvalue weighted by molar-refractivity contribution is 5.79. The Labute approximate surface area is 129 Å². The average Bonchev–Trinajstić information content (AvgIpc) is 3.19. The first-order valence-corrected chi connectivity index (χ1v) is 8.79. The smallest absolute Gasteiger partial charge is 0.327 e. The molecule has 0 aromatic rings. The molecule has 122 valence electrons. The maximum Gasteiger partial charge on any atom is 0.327 e. The molecule has 0 amide bonds. The van der Waals surface area contributed by atoms with Gasteiger partial charge in [0, 0.05) is 6.08 Å². The summed E-state index contributed by atoms with van der Waals surface area (Å²) in [6.07, 6.45) is 19.0. The predicted octanol–water partition coefficient (Wildman–Crippen LogP) is 5.10. The normalized spacial score (nSPS) is 21.0.